The number of anilines is 1. The summed E-state index contributed by atoms with van der Waals surface area (Å²) >= 11 is 6.56. The number of fused-ring (bicyclic) bond motifs is 1. The van der Waals surface area contributed by atoms with E-state index in [1.165, 1.54) is 12.8 Å². The molecule has 1 atom stereocenters. The predicted molar refractivity (Wildman–Crippen MR) is 241 cm³/mol. The van der Waals surface area contributed by atoms with Crippen molar-refractivity contribution in [2.45, 2.75) is 95.7 Å². The number of hydrogen-bond donors (Lipinski definition) is 2. The summed E-state index contributed by atoms with van der Waals surface area (Å²) in [5.41, 5.74) is 6.15. The number of aromatic nitrogens is 2. The van der Waals surface area contributed by atoms with Crippen molar-refractivity contribution in [3.8, 4) is 17.6 Å². The summed E-state index contributed by atoms with van der Waals surface area (Å²) in [6.45, 7) is 6.90. The topological polar surface area (TPSA) is 134 Å². The zero-order chi connectivity index (χ0) is 42.9. The number of carbonyl (C=O) groups excluding carboxylic acids is 3. The number of benzene rings is 3. The third-order valence-corrected chi connectivity index (χ3v) is 13.9. The number of piperidine rings is 2. The van der Waals surface area contributed by atoms with Gasteiger partial charge in [0, 0.05) is 91.3 Å². The number of halogens is 1. The lowest BCUT2D eigenvalue weighted by molar-refractivity contribution is -0.136. The minimum Gasteiger partial charge on any atom is -0.496 e. The van der Waals surface area contributed by atoms with Crippen molar-refractivity contribution in [2.24, 2.45) is 0 Å². The van der Waals surface area contributed by atoms with Gasteiger partial charge in [-0.2, -0.15) is 0 Å². The van der Waals surface area contributed by atoms with Crippen LogP contribution in [0, 0.1) is 11.8 Å². The third kappa shape index (κ3) is 11.1. The van der Waals surface area contributed by atoms with Gasteiger partial charge in [-0.05, 0) is 81.3 Å². The Bertz CT molecular complexity index is 2360. The molecule has 1 unspecified atom stereocenters. The highest BCUT2D eigenvalue weighted by Crippen LogP contribution is 2.37. The molecule has 0 spiro atoms. The fourth-order valence-electron chi connectivity index (χ4n) is 8.64. The van der Waals surface area contributed by atoms with E-state index < -0.39 is 19.1 Å². The van der Waals surface area contributed by atoms with Crippen LogP contribution in [0.4, 0.5) is 5.69 Å². The molecule has 320 valence electrons. The molecule has 61 heavy (non-hydrogen) atoms. The molecule has 11 nitrogen and oxygen atoms in total. The number of rotatable bonds is 16. The van der Waals surface area contributed by atoms with E-state index in [1.807, 2.05) is 36.4 Å². The SMILES string of the molecule is COc1cc(N2CCC(NCCCCCCCC#Cc3cccc4c3CN(C3CCC(=O)NC3=O)C4=O)CC2)ccc1Cc1ncc(Cl)c(Cc2ccccc2P(C)(C)=O)n1. The molecule has 1 aromatic heterocycles. The maximum Gasteiger partial charge on any atom is 0.255 e. The lowest BCUT2D eigenvalue weighted by Gasteiger charge is -2.34. The van der Waals surface area contributed by atoms with Gasteiger partial charge in [0.05, 0.1) is 17.8 Å². The monoisotopic (exact) mass is 862 g/mol. The molecular formula is C48H56ClN6O5P. The van der Waals surface area contributed by atoms with Crippen molar-refractivity contribution in [2.75, 3.05) is 45.0 Å². The van der Waals surface area contributed by atoms with Crippen LogP contribution in [-0.4, -0.2) is 84.7 Å². The Morgan fingerprint density at radius 2 is 1.72 bits per heavy atom. The lowest BCUT2D eigenvalue weighted by Crippen LogP contribution is -2.52. The first-order valence-corrected chi connectivity index (χ1v) is 24.5. The number of hydrogen-bond acceptors (Lipinski definition) is 9. The van der Waals surface area contributed by atoms with Gasteiger partial charge in [0.15, 0.2) is 0 Å². The minimum atomic E-state index is -2.46. The normalized spacial score (nSPS) is 16.9. The predicted octanol–water partition coefficient (Wildman–Crippen LogP) is 7.28. The number of carbonyl (C=O) groups is 3. The molecule has 0 bridgehead atoms. The van der Waals surface area contributed by atoms with E-state index in [9.17, 15) is 18.9 Å². The smallest absolute Gasteiger partial charge is 0.255 e. The van der Waals surface area contributed by atoms with Crippen LogP contribution < -0.4 is 25.6 Å². The number of nitrogens with zero attached hydrogens (tertiary/aromatic N) is 4. The largest absolute Gasteiger partial charge is 0.496 e. The summed E-state index contributed by atoms with van der Waals surface area (Å²) < 4.78 is 18.8. The standard InChI is InChI=1S/C48H56ClN6O5P/c1-60-43-30-37(20-19-34(43)29-45-51-31-40(49)41(52-45)28-35-15-10-11-18-44(35)61(2,3)59)54-26-23-36(24-27-54)50-25-12-8-6-4-5-7-9-14-33-16-13-17-38-39(33)32-55(48(38)58)42-21-22-46(56)53-47(42)57/h10-11,13,15-20,30-31,36,42,50H,4-8,12,21-29,32H2,1-3H3,(H,53,56,57). The highest BCUT2D eigenvalue weighted by molar-refractivity contribution is 7.70. The fraction of sp³-hybridized carbons (Fsp3) is 0.438. The fourth-order valence-corrected chi connectivity index (χ4v) is 10.1. The molecule has 3 aliphatic heterocycles. The van der Waals surface area contributed by atoms with E-state index in [0.717, 1.165) is 103 Å². The van der Waals surface area contributed by atoms with Crippen molar-refractivity contribution in [3.05, 3.63) is 111 Å². The summed E-state index contributed by atoms with van der Waals surface area (Å²) in [5.74, 6) is 7.20. The van der Waals surface area contributed by atoms with Gasteiger partial charge in [-0.25, -0.2) is 9.97 Å². The van der Waals surface area contributed by atoms with Crippen LogP contribution >= 0.6 is 18.7 Å². The van der Waals surface area contributed by atoms with Gasteiger partial charge in [0.25, 0.3) is 5.91 Å². The summed E-state index contributed by atoms with van der Waals surface area (Å²) in [6.07, 6.45) is 11.9. The molecule has 4 heterocycles. The summed E-state index contributed by atoms with van der Waals surface area (Å²) in [4.78, 5) is 50.5. The zero-order valence-corrected chi connectivity index (χ0v) is 37.1. The Morgan fingerprint density at radius 1 is 0.934 bits per heavy atom. The summed E-state index contributed by atoms with van der Waals surface area (Å²) in [7, 11) is -0.760. The van der Waals surface area contributed by atoms with Gasteiger partial charge in [-0.1, -0.05) is 79.1 Å². The van der Waals surface area contributed by atoms with Crippen LogP contribution in [0.3, 0.4) is 0 Å². The van der Waals surface area contributed by atoms with Crippen LogP contribution in [0.15, 0.2) is 66.9 Å². The molecule has 3 amide bonds. The molecule has 3 aliphatic rings. The van der Waals surface area contributed by atoms with Gasteiger partial charge in [-0.15, -0.1) is 0 Å². The Morgan fingerprint density at radius 3 is 2.51 bits per heavy atom. The second kappa shape index (κ2) is 20.2. The van der Waals surface area contributed by atoms with Crippen LogP contribution in [-0.2, 0) is 33.5 Å². The number of unbranched alkanes of at least 4 members (excludes halogenated alkanes) is 5. The molecule has 7 rings (SSSR count). The Hall–Kier alpha value is -5.01. The van der Waals surface area contributed by atoms with Gasteiger partial charge >= 0.3 is 0 Å². The minimum absolute atomic E-state index is 0.170. The van der Waals surface area contributed by atoms with E-state index in [0.29, 0.717) is 48.3 Å². The molecule has 13 heteroatoms. The molecule has 0 aliphatic carbocycles. The number of amides is 3. The van der Waals surface area contributed by atoms with E-state index in [4.69, 9.17) is 21.3 Å². The average Bonchev–Trinajstić information content (AvgIpc) is 3.59. The number of imide groups is 1. The first kappa shape index (κ1) is 44.1. The molecule has 4 aromatic rings. The Labute approximate surface area is 364 Å². The molecular weight excluding hydrogens is 807 g/mol. The second-order valence-corrected chi connectivity index (χ2v) is 20.3. The lowest BCUT2D eigenvalue weighted by atomic mass is 10.0. The first-order chi connectivity index (χ1) is 29.5. The van der Waals surface area contributed by atoms with Crippen molar-refractivity contribution in [1.29, 1.82) is 0 Å². The third-order valence-electron chi connectivity index (χ3n) is 12.0. The van der Waals surface area contributed by atoms with Crippen molar-refractivity contribution in [1.82, 2.24) is 25.5 Å². The van der Waals surface area contributed by atoms with Gasteiger partial charge in [0.1, 0.15) is 24.8 Å². The number of methoxy groups -OCH3 is 1. The van der Waals surface area contributed by atoms with Crippen molar-refractivity contribution in [3.63, 3.8) is 0 Å². The molecule has 0 radical (unpaired) electrons. The van der Waals surface area contributed by atoms with Gasteiger partial charge < -0.3 is 24.4 Å². The number of nitrogens with one attached hydrogen (secondary N) is 2. The highest BCUT2D eigenvalue weighted by Gasteiger charge is 2.39. The van der Waals surface area contributed by atoms with E-state index >= 15 is 0 Å². The average molecular weight is 863 g/mol. The van der Waals surface area contributed by atoms with Crippen LogP contribution in [0.5, 0.6) is 5.75 Å². The van der Waals surface area contributed by atoms with Crippen LogP contribution in [0.25, 0.3) is 0 Å². The van der Waals surface area contributed by atoms with E-state index in [1.54, 1.807) is 37.6 Å². The van der Waals surface area contributed by atoms with Gasteiger partial charge in [0.2, 0.25) is 11.8 Å². The molecule has 3 aromatic carbocycles. The van der Waals surface area contributed by atoms with Crippen LogP contribution in [0.2, 0.25) is 5.02 Å². The van der Waals surface area contributed by atoms with Crippen molar-refractivity contribution >= 4 is 47.5 Å². The molecule has 2 saturated heterocycles. The maximum atomic E-state index is 13.1. The second-order valence-electron chi connectivity index (χ2n) is 16.7. The first-order valence-electron chi connectivity index (χ1n) is 21.5. The van der Waals surface area contributed by atoms with Gasteiger partial charge in [-0.3, -0.25) is 19.7 Å². The van der Waals surface area contributed by atoms with E-state index in [2.05, 4.69) is 50.6 Å². The molecule has 2 fully saturated rings. The highest BCUT2D eigenvalue weighted by atomic mass is 35.5. The Balaban J connectivity index is 0.799. The quantitative estimate of drug-likeness (QED) is 0.0516. The summed E-state index contributed by atoms with van der Waals surface area (Å²) in [5, 5.41) is 7.50. The maximum absolute atomic E-state index is 13.1. The Kier molecular flexibility index (Phi) is 14.6. The summed E-state index contributed by atoms with van der Waals surface area (Å²) in [6, 6.07) is 19.7. The van der Waals surface area contributed by atoms with E-state index in [-0.39, 0.29) is 18.2 Å². The van der Waals surface area contributed by atoms with Crippen LogP contribution in [0.1, 0.15) is 108 Å². The number of ether oxygens (including phenoxy) is 1. The molecule has 2 N–H and O–H groups in total. The zero-order valence-electron chi connectivity index (χ0n) is 35.5. The van der Waals surface area contributed by atoms with Crippen molar-refractivity contribution < 1.29 is 23.7 Å². The molecule has 0 saturated carbocycles.